The van der Waals surface area contributed by atoms with Crippen LogP contribution in [0.25, 0.3) is 0 Å². The highest BCUT2D eigenvalue weighted by atomic mass is 32.2. The molecule has 0 spiro atoms. The lowest BCUT2D eigenvalue weighted by atomic mass is 10.0. The second-order valence-corrected chi connectivity index (χ2v) is 5.25. The Morgan fingerprint density at radius 1 is 1.11 bits per heavy atom. The maximum absolute atomic E-state index is 10.0. The molecule has 1 heterocycles. The Bertz CT molecular complexity index is 481. The van der Waals surface area contributed by atoms with Gasteiger partial charge in [-0.15, -0.1) is 0 Å². The number of benzene rings is 1. The van der Waals surface area contributed by atoms with E-state index in [9.17, 15) is 5.11 Å². The molecule has 0 aliphatic rings. The summed E-state index contributed by atoms with van der Waals surface area (Å²) >= 11 is 1.42. The van der Waals surface area contributed by atoms with E-state index in [1.807, 2.05) is 30.3 Å². The van der Waals surface area contributed by atoms with Crippen LogP contribution >= 0.6 is 11.8 Å². The lowest BCUT2D eigenvalue weighted by Gasteiger charge is -2.18. The summed E-state index contributed by atoms with van der Waals surface area (Å²) in [5.74, 6) is 0.498. The summed E-state index contributed by atoms with van der Waals surface area (Å²) in [6.07, 6.45) is 3.46. The molecular formula is C14H17N3OS. The summed E-state index contributed by atoms with van der Waals surface area (Å²) in [6.45, 7) is 0. The lowest BCUT2D eigenvalue weighted by molar-refractivity contribution is 0.167. The predicted octanol–water partition coefficient (Wildman–Crippen LogP) is 1.50. The Labute approximate surface area is 117 Å². The number of rotatable bonds is 6. The molecule has 0 saturated heterocycles. The van der Waals surface area contributed by atoms with Gasteiger partial charge < -0.3 is 10.8 Å². The monoisotopic (exact) mass is 275 g/mol. The van der Waals surface area contributed by atoms with E-state index in [1.54, 1.807) is 18.5 Å². The Kier molecular flexibility index (Phi) is 5.32. The molecule has 1 aromatic carbocycles. The first-order valence-corrected chi connectivity index (χ1v) is 7.11. The fraction of sp³-hybridized carbons (Fsp3) is 0.286. The van der Waals surface area contributed by atoms with Gasteiger partial charge in [-0.05, 0) is 18.1 Å². The molecule has 2 rings (SSSR count). The summed E-state index contributed by atoms with van der Waals surface area (Å²) in [6, 6.07) is 11.4. The predicted molar refractivity (Wildman–Crippen MR) is 76.9 cm³/mol. The Morgan fingerprint density at radius 3 is 2.47 bits per heavy atom. The van der Waals surface area contributed by atoms with E-state index in [0.717, 1.165) is 5.56 Å². The van der Waals surface area contributed by atoms with Gasteiger partial charge in [0.25, 0.3) is 0 Å². The standard InChI is InChI=1S/C14H17N3OS/c15-12(9-11-5-2-1-3-6-11)13(18)10-19-14-16-7-4-8-17-14/h1-8,12-13,18H,9-10,15H2. The number of thioether (sulfide) groups is 1. The minimum absolute atomic E-state index is 0.279. The molecule has 0 amide bonds. The van der Waals surface area contributed by atoms with Crippen molar-refractivity contribution in [2.45, 2.75) is 23.7 Å². The van der Waals surface area contributed by atoms with Crippen molar-refractivity contribution in [3.63, 3.8) is 0 Å². The van der Waals surface area contributed by atoms with Crippen molar-refractivity contribution in [2.24, 2.45) is 5.73 Å². The zero-order valence-corrected chi connectivity index (χ0v) is 11.3. The van der Waals surface area contributed by atoms with Gasteiger partial charge in [0.2, 0.25) is 0 Å². The van der Waals surface area contributed by atoms with Gasteiger partial charge >= 0.3 is 0 Å². The second kappa shape index (κ2) is 7.23. The fourth-order valence-corrected chi connectivity index (χ4v) is 2.50. The average Bonchev–Trinajstić information content (AvgIpc) is 2.47. The summed E-state index contributed by atoms with van der Waals surface area (Å²) in [4.78, 5) is 8.19. The maximum Gasteiger partial charge on any atom is 0.187 e. The number of hydrogen-bond acceptors (Lipinski definition) is 5. The third-order valence-corrected chi connectivity index (χ3v) is 3.71. The van der Waals surface area contributed by atoms with Crippen molar-refractivity contribution in [1.82, 2.24) is 9.97 Å². The van der Waals surface area contributed by atoms with Crippen molar-refractivity contribution in [1.29, 1.82) is 0 Å². The Balaban J connectivity index is 1.81. The van der Waals surface area contributed by atoms with Crippen LogP contribution in [0.3, 0.4) is 0 Å². The fourth-order valence-electron chi connectivity index (χ4n) is 1.67. The van der Waals surface area contributed by atoms with Gasteiger partial charge in [0.1, 0.15) is 0 Å². The molecular weight excluding hydrogens is 258 g/mol. The van der Waals surface area contributed by atoms with Crippen LogP contribution in [-0.2, 0) is 6.42 Å². The van der Waals surface area contributed by atoms with Crippen LogP contribution in [0.15, 0.2) is 53.9 Å². The zero-order chi connectivity index (χ0) is 13.5. The SMILES string of the molecule is NC(Cc1ccccc1)C(O)CSc1ncccn1. The summed E-state index contributed by atoms with van der Waals surface area (Å²) in [5, 5.41) is 10.7. The van der Waals surface area contributed by atoms with E-state index in [2.05, 4.69) is 9.97 Å². The summed E-state index contributed by atoms with van der Waals surface area (Å²) in [5.41, 5.74) is 7.14. The van der Waals surface area contributed by atoms with Gasteiger partial charge in [0.05, 0.1) is 6.10 Å². The van der Waals surface area contributed by atoms with Gasteiger partial charge in [0, 0.05) is 24.2 Å². The van der Waals surface area contributed by atoms with Gasteiger partial charge in [-0.1, -0.05) is 42.1 Å². The number of nitrogens with two attached hydrogens (primary N) is 1. The van der Waals surface area contributed by atoms with Crippen LogP contribution < -0.4 is 5.73 Å². The van der Waals surface area contributed by atoms with Crippen molar-refractivity contribution < 1.29 is 5.11 Å². The number of aromatic nitrogens is 2. The molecule has 3 N–H and O–H groups in total. The van der Waals surface area contributed by atoms with Crippen LogP contribution in [0, 0.1) is 0 Å². The largest absolute Gasteiger partial charge is 0.391 e. The molecule has 0 saturated carbocycles. The zero-order valence-electron chi connectivity index (χ0n) is 10.5. The van der Waals surface area contributed by atoms with Crippen molar-refractivity contribution >= 4 is 11.8 Å². The smallest absolute Gasteiger partial charge is 0.187 e. The van der Waals surface area contributed by atoms with Crippen molar-refractivity contribution in [2.75, 3.05) is 5.75 Å². The Hall–Kier alpha value is -1.43. The van der Waals surface area contributed by atoms with E-state index in [1.165, 1.54) is 11.8 Å². The molecule has 0 aliphatic carbocycles. The molecule has 4 nitrogen and oxygen atoms in total. The second-order valence-electron chi connectivity index (χ2n) is 4.26. The quantitative estimate of drug-likeness (QED) is 0.617. The molecule has 100 valence electrons. The van der Waals surface area contributed by atoms with Gasteiger partial charge in [0.15, 0.2) is 5.16 Å². The molecule has 5 heteroatoms. The van der Waals surface area contributed by atoms with Crippen molar-refractivity contribution in [3.05, 3.63) is 54.4 Å². The summed E-state index contributed by atoms with van der Waals surface area (Å²) < 4.78 is 0. The first-order valence-electron chi connectivity index (χ1n) is 6.13. The average molecular weight is 275 g/mol. The van der Waals surface area contributed by atoms with Crippen LogP contribution in [0.2, 0.25) is 0 Å². The normalized spacial score (nSPS) is 14.0. The maximum atomic E-state index is 10.0. The highest BCUT2D eigenvalue weighted by Crippen LogP contribution is 2.14. The molecule has 1 aromatic heterocycles. The van der Waals surface area contributed by atoms with Gasteiger partial charge in [-0.25, -0.2) is 9.97 Å². The molecule has 0 aliphatic heterocycles. The minimum atomic E-state index is -0.575. The number of nitrogens with zero attached hydrogens (tertiary/aromatic N) is 2. The van der Waals surface area contributed by atoms with E-state index in [4.69, 9.17) is 5.73 Å². The third-order valence-electron chi connectivity index (χ3n) is 2.73. The number of aliphatic hydroxyl groups is 1. The van der Waals surface area contributed by atoms with Crippen LogP contribution in [0.5, 0.6) is 0 Å². The minimum Gasteiger partial charge on any atom is -0.391 e. The molecule has 0 bridgehead atoms. The van der Waals surface area contributed by atoms with E-state index >= 15 is 0 Å². The number of hydrogen-bond donors (Lipinski definition) is 2. The third kappa shape index (κ3) is 4.63. The van der Waals surface area contributed by atoms with E-state index < -0.39 is 6.10 Å². The van der Waals surface area contributed by atoms with E-state index in [-0.39, 0.29) is 6.04 Å². The summed E-state index contributed by atoms with van der Waals surface area (Å²) in [7, 11) is 0. The van der Waals surface area contributed by atoms with Crippen LogP contribution in [0.1, 0.15) is 5.56 Å². The Morgan fingerprint density at radius 2 is 1.79 bits per heavy atom. The van der Waals surface area contributed by atoms with Crippen LogP contribution in [-0.4, -0.2) is 33.0 Å². The molecule has 0 fully saturated rings. The molecule has 0 radical (unpaired) electrons. The first-order chi connectivity index (χ1) is 9.25. The molecule has 2 aromatic rings. The highest BCUT2D eigenvalue weighted by molar-refractivity contribution is 7.99. The van der Waals surface area contributed by atoms with Crippen LogP contribution in [0.4, 0.5) is 0 Å². The molecule has 2 unspecified atom stereocenters. The first kappa shape index (κ1) is 14.0. The highest BCUT2D eigenvalue weighted by Gasteiger charge is 2.16. The van der Waals surface area contributed by atoms with Gasteiger partial charge in [-0.2, -0.15) is 0 Å². The molecule has 2 atom stereocenters. The van der Waals surface area contributed by atoms with E-state index in [0.29, 0.717) is 17.3 Å². The molecule has 19 heavy (non-hydrogen) atoms. The lowest BCUT2D eigenvalue weighted by Crippen LogP contribution is -2.38. The van der Waals surface area contributed by atoms with Gasteiger partial charge in [-0.3, -0.25) is 0 Å². The topological polar surface area (TPSA) is 72.0 Å². The number of aliphatic hydroxyl groups excluding tert-OH is 1. The van der Waals surface area contributed by atoms with Crippen molar-refractivity contribution in [3.8, 4) is 0 Å².